The van der Waals surface area contributed by atoms with Crippen molar-refractivity contribution in [1.82, 2.24) is 4.90 Å². The number of hydrogen-bond donors (Lipinski definition) is 1. The molecule has 4 heteroatoms. The van der Waals surface area contributed by atoms with Gasteiger partial charge in [0, 0.05) is 43.6 Å². The van der Waals surface area contributed by atoms with Gasteiger partial charge in [-0.1, -0.05) is 6.42 Å². The minimum atomic E-state index is -0.359. The number of allylic oxidation sites excluding steroid dienone is 3. The SMILES string of the molecule is NC1=CC=C2OC3(CCN(C4CCC4)CC3)OCC2C1. The van der Waals surface area contributed by atoms with Crippen LogP contribution in [0.1, 0.15) is 38.5 Å². The lowest BCUT2D eigenvalue weighted by Crippen LogP contribution is -2.54. The molecule has 2 heterocycles. The highest BCUT2D eigenvalue weighted by molar-refractivity contribution is 5.23. The van der Waals surface area contributed by atoms with Gasteiger partial charge in [0.25, 0.3) is 0 Å². The molecule has 0 aromatic heterocycles. The summed E-state index contributed by atoms with van der Waals surface area (Å²) in [6.07, 6.45) is 11.1. The molecule has 2 aliphatic carbocycles. The van der Waals surface area contributed by atoms with Crippen molar-refractivity contribution in [2.75, 3.05) is 19.7 Å². The number of rotatable bonds is 1. The fourth-order valence-corrected chi connectivity index (χ4v) is 3.76. The summed E-state index contributed by atoms with van der Waals surface area (Å²) >= 11 is 0. The first-order valence-corrected chi connectivity index (χ1v) is 7.97. The van der Waals surface area contributed by atoms with Gasteiger partial charge in [-0.2, -0.15) is 0 Å². The highest BCUT2D eigenvalue weighted by Gasteiger charge is 2.45. The van der Waals surface area contributed by atoms with Crippen LogP contribution < -0.4 is 5.73 Å². The van der Waals surface area contributed by atoms with Gasteiger partial charge in [0.05, 0.1) is 6.61 Å². The molecule has 2 N–H and O–H groups in total. The standard InChI is InChI=1S/C16H24N2O2/c17-13-4-5-15-12(10-13)11-19-16(20-15)6-8-18(9-7-16)14-2-1-3-14/h4-5,12,14H,1-3,6-11,17H2. The van der Waals surface area contributed by atoms with Gasteiger partial charge in [0.15, 0.2) is 0 Å². The third-order valence-corrected chi connectivity index (χ3v) is 5.35. The van der Waals surface area contributed by atoms with Gasteiger partial charge in [-0.3, -0.25) is 4.90 Å². The molecule has 4 rings (SSSR count). The molecule has 20 heavy (non-hydrogen) atoms. The Morgan fingerprint density at radius 2 is 2.00 bits per heavy atom. The van der Waals surface area contributed by atoms with E-state index in [4.69, 9.17) is 15.2 Å². The van der Waals surface area contributed by atoms with Crippen LogP contribution in [0.2, 0.25) is 0 Å². The number of ether oxygens (including phenoxy) is 2. The minimum absolute atomic E-state index is 0.329. The molecule has 4 nitrogen and oxygen atoms in total. The Balaban J connectivity index is 1.42. The number of nitrogens with two attached hydrogens (primary N) is 1. The molecule has 0 aromatic carbocycles. The van der Waals surface area contributed by atoms with Crippen LogP contribution in [-0.4, -0.2) is 36.4 Å². The maximum absolute atomic E-state index is 6.26. The number of piperidine rings is 1. The van der Waals surface area contributed by atoms with Crippen molar-refractivity contribution in [3.8, 4) is 0 Å². The monoisotopic (exact) mass is 276 g/mol. The molecule has 0 radical (unpaired) electrons. The van der Waals surface area contributed by atoms with Crippen LogP contribution in [0.15, 0.2) is 23.6 Å². The molecule has 4 aliphatic rings. The Labute approximate surface area is 120 Å². The van der Waals surface area contributed by atoms with Crippen molar-refractivity contribution in [2.45, 2.75) is 50.4 Å². The second-order valence-corrected chi connectivity index (χ2v) is 6.66. The average molecular weight is 276 g/mol. The zero-order chi connectivity index (χ0) is 13.6. The Kier molecular flexibility index (Phi) is 3.04. The minimum Gasteiger partial charge on any atom is -0.466 e. The maximum atomic E-state index is 6.26. The lowest BCUT2D eigenvalue weighted by atomic mass is 9.88. The van der Waals surface area contributed by atoms with Gasteiger partial charge in [-0.05, 0) is 31.4 Å². The highest BCUT2D eigenvalue weighted by atomic mass is 16.7. The number of hydrogen-bond acceptors (Lipinski definition) is 4. The number of fused-ring (bicyclic) bond motifs is 1. The summed E-state index contributed by atoms with van der Waals surface area (Å²) in [5.41, 5.74) is 6.82. The Hall–Kier alpha value is -1.00. The fourth-order valence-electron chi connectivity index (χ4n) is 3.76. The van der Waals surface area contributed by atoms with Crippen molar-refractivity contribution >= 4 is 0 Å². The van der Waals surface area contributed by atoms with Gasteiger partial charge < -0.3 is 15.2 Å². The second kappa shape index (κ2) is 4.78. The molecule has 1 spiro atoms. The Morgan fingerprint density at radius 1 is 1.20 bits per heavy atom. The van der Waals surface area contributed by atoms with Crippen LogP contribution in [0.5, 0.6) is 0 Å². The Morgan fingerprint density at radius 3 is 2.70 bits per heavy atom. The van der Waals surface area contributed by atoms with Crippen molar-refractivity contribution in [3.05, 3.63) is 23.6 Å². The topological polar surface area (TPSA) is 47.7 Å². The van der Waals surface area contributed by atoms with Crippen molar-refractivity contribution in [3.63, 3.8) is 0 Å². The van der Waals surface area contributed by atoms with E-state index >= 15 is 0 Å². The smallest absolute Gasteiger partial charge is 0.212 e. The van der Waals surface area contributed by atoms with Crippen LogP contribution in [0, 0.1) is 5.92 Å². The van der Waals surface area contributed by atoms with E-state index in [1.54, 1.807) is 0 Å². The van der Waals surface area contributed by atoms with Gasteiger partial charge in [0.2, 0.25) is 5.79 Å². The molecule has 0 aromatic rings. The average Bonchev–Trinajstić information content (AvgIpc) is 2.40. The summed E-state index contributed by atoms with van der Waals surface area (Å²) in [5, 5.41) is 0. The molecule has 110 valence electrons. The van der Waals surface area contributed by atoms with E-state index in [0.717, 1.165) is 56.5 Å². The normalized spacial score (nSPS) is 33.7. The van der Waals surface area contributed by atoms with E-state index in [-0.39, 0.29) is 5.79 Å². The van der Waals surface area contributed by atoms with E-state index < -0.39 is 0 Å². The second-order valence-electron chi connectivity index (χ2n) is 6.66. The van der Waals surface area contributed by atoms with Crippen molar-refractivity contribution < 1.29 is 9.47 Å². The summed E-state index contributed by atoms with van der Waals surface area (Å²) in [5.74, 6) is 1.06. The van der Waals surface area contributed by atoms with Gasteiger partial charge in [-0.15, -0.1) is 0 Å². The predicted octanol–water partition coefficient (Wildman–Crippen LogP) is 2.12. The molecule has 3 fully saturated rings. The first kappa shape index (κ1) is 12.7. The van der Waals surface area contributed by atoms with Crippen molar-refractivity contribution in [1.29, 1.82) is 0 Å². The molecule has 2 saturated heterocycles. The fraction of sp³-hybridized carbons (Fsp3) is 0.750. The first-order valence-electron chi connectivity index (χ1n) is 7.97. The third-order valence-electron chi connectivity index (χ3n) is 5.35. The van der Waals surface area contributed by atoms with Gasteiger partial charge in [0.1, 0.15) is 5.76 Å². The summed E-state index contributed by atoms with van der Waals surface area (Å²) < 4.78 is 12.4. The van der Waals surface area contributed by atoms with E-state index in [1.165, 1.54) is 19.3 Å². The number of likely N-dealkylation sites (tertiary alicyclic amines) is 1. The van der Waals surface area contributed by atoms with Crippen LogP contribution in [0.4, 0.5) is 0 Å². The van der Waals surface area contributed by atoms with E-state index in [2.05, 4.69) is 4.90 Å². The van der Waals surface area contributed by atoms with E-state index in [9.17, 15) is 0 Å². The predicted molar refractivity (Wildman–Crippen MR) is 76.7 cm³/mol. The molecule has 1 saturated carbocycles. The summed E-state index contributed by atoms with van der Waals surface area (Å²) in [6, 6.07) is 0.834. The third kappa shape index (κ3) is 2.15. The molecular weight excluding hydrogens is 252 g/mol. The van der Waals surface area contributed by atoms with Crippen LogP contribution in [-0.2, 0) is 9.47 Å². The zero-order valence-corrected chi connectivity index (χ0v) is 12.0. The summed E-state index contributed by atoms with van der Waals surface area (Å²) in [7, 11) is 0. The van der Waals surface area contributed by atoms with Crippen LogP contribution >= 0.6 is 0 Å². The summed E-state index contributed by atoms with van der Waals surface area (Å²) in [6.45, 7) is 2.98. The lowest BCUT2D eigenvalue weighted by Gasteiger charge is -2.49. The van der Waals surface area contributed by atoms with Gasteiger partial charge in [-0.25, -0.2) is 0 Å². The van der Waals surface area contributed by atoms with Crippen molar-refractivity contribution in [2.24, 2.45) is 11.7 Å². The number of nitrogens with zero attached hydrogens (tertiary/aromatic N) is 1. The van der Waals surface area contributed by atoms with E-state index in [0.29, 0.717) is 5.92 Å². The van der Waals surface area contributed by atoms with E-state index in [1.807, 2.05) is 12.2 Å². The molecule has 0 amide bonds. The largest absolute Gasteiger partial charge is 0.466 e. The lowest BCUT2D eigenvalue weighted by molar-refractivity contribution is -0.274. The quantitative estimate of drug-likeness (QED) is 0.797. The summed E-state index contributed by atoms with van der Waals surface area (Å²) in [4.78, 5) is 2.63. The zero-order valence-electron chi connectivity index (χ0n) is 12.0. The molecule has 2 aliphatic heterocycles. The first-order chi connectivity index (χ1) is 9.74. The Bertz CT molecular complexity index is 445. The molecule has 0 bridgehead atoms. The van der Waals surface area contributed by atoms with Gasteiger partial charge >= 0.3 is 0 Å². The molecule has 1 atom stereocenters. The van der Waals surface area contributed by atoms with Crippen LogP contribution in [0.3, 0.4) is 0 Å². The van der Waals surface area contributed by atoms with Crippen LogP contribution in [0.25, 0.3) is 0 Å². The molecular formula is C16H24N2O2. The highest BCUT2D eigenvalue weighted by Crippen LogP contribution is 2.41. The maximum Gasteiger partial charge on any atom is 0.212 e. The molecule has 1 unspecified atom stereocenters.